The molecule has 0 atom stereocenters. The zero-order valence-corrected chi connectivity index (χ0v) is 12.4. The average Bonchev–Trinajstić information content (AvgIpc) is 2.76. The molecule has 2 aromatic carbocycles. The monoisotopic (exact) mass is 315 g/mol. The number of aromatic nitrogens is 2. The predicted octanol–water partition coefficient (Wildman–Crippen LogP) is 4.19. The van der Waals surface area contributed by atoms with Crippen LogP contribution in [0, 0.1) is 13.8 Å². The van der Waals surface area contributed by atoms with E-state index in [-0.39, 0.29) is 0 Å². The van der Waals surface area contributed by atoms with Crippen LogP contribution in [0.1, 0.15) is 11.1 Å². The zero-order chi connectivity index (χ0) is 13.6. The first kappa shape index (κ1) is 12.2. The number of nitrogen functional groups attached to an aromatic ring is 1. The van der Waals surface area contributed by atoms with Crippen LogP contribution in [0.4, 0.5) is 5.69 Å². The van der Waals surface area contributed by atoms with E-state index in [0.29, 0.717) is 0 Å². The Labute approximate surface area is 120 Å². The van der Waals surface area contributed by atoms with Gasteiger partial charge in [0, 0.05) is 15.7 Å². The van der Waals surface area contributed by atoms with Gasteiger partial charge in [0.05, 0.1) is 11.0 Å². The summed E-state index contributed by atoms with van der Waals surface area (Å²) in [6.07, 6.45) is 0. The number of imidazole rings is 1. The fraction of sp³-hybridized carbons (Fsp3) is 0.133. The van der Waals surface area contributed by atoms with Gasteiger partial charge in [0.15, 0.2) is 0 Å². The van der Waals surface area contributed by atoms with Crippen molar-refractivity contribution >= 4 is 32.7 Å². The van der Waals surface area contributed by atoms with Crippen LogP contribution in [0.5, 0.6) is 0 Å². The van der Waals surface area contributed by atoms with Crippen LogP contribution < -0.4 is 5.73 Å². The number of benzene rings is 2. The van der Waals surface area contributed by atoms with Gasteiger partial charge in [-0.3, -0.25) is 0 Å². The van der Waals surface area contributed by atoms with E-state index in [1.165, 1.54) is 0 Å². The van der Waals surface area contributed by atoms with Crippen molar-refractivity contribution in [2.75, 3.05) is 5.73 Å². The minimum absolute atomic E-state index is 0.788. The molecule has 3 nitrogen and oxygen atoms in total. The molecule has 4 heteroatoms. The van der Waals surface area contributed by atoms with Gasteiger partial charge in [-0.05, 0) is 43.2 Å². The summed E-state index contributed by atoms with van der Waals surface area (Å²) in [4.78, 5) is 8.06. The number of hydrogen-bond donors (Lipinski definition) is 2. The third-order valence-corrected chi connectivity index (χ3v) is 3.83. The van der Waals surface area contributed by atoms with Gasteiger partial charge in [-0.2, -0.15) is 0 Å². The molecule has 1 aromatic heterocycles. The molecule has 0 bridgehead atoms. The number of nitrogens with zero attached hydrogens (tertiary/aromatic N) is 1. The van der Waals surface area contributed by atoms with Crippen molar-refractivity contribution in [3.8, 4) is 11.4 Å². The highest BCUT2D eigenvalue weighted by molar-refractivity contribution is 9.10. The van der Waals surface area contributed by atoms with Crippen molar-refractivity contribution in [3.63, 3.8) is 0 Å². The number of anilines is 1. The Hall–Kier alpha value is -1.81. The Kier molecular flexibility index (Phi) is 2.82. The second kappa shape index (κ2) is 4.38. The van der Waals surface area contributed by atoms with Crippen molar-refractivity contribution < 1.29 is 0 Å². The van der Waals surface area contributed by atoms with Gasteiger partial charge in [0.1, 0.15) is 5.82 Å². The van der Waals surface area contributed by atoms with Crippen molar-refractivity contribution in [3.05, 3.63) is 45.9 Å². The van der Waals surface area contributed by atoms with Crippen LogP contribution in [0.3, 0.4) is 0 Å². The number of halogens is 1. The van der Waals surface area contributed by atoms with E-state index < -0.39 is 0 Å². The Morgan fingerprint density at radius 1 is 1.21 bits per heavy atom. The summed E-state index contributed by atoms with van der Waals surface area (Å²) in [6.45, 7) is 4.07. The molecule has 3 rings (SSSR count). The third-order valence-electron chi connectivity index (χ3n) is 3.37. The molecule has 19 heavy (non-hydrogen) atoms. The molecule has 0 aliphatic carbocycles. The van der Waals surface area contributed by atoms with Crippen molar-refractivity contribution in [2.45, 2.75) is 13.8 Å². The molecular formula is C15H14BrN3. The second-order valence-corrected chi connectivity index (χ2v) is 5.64. The summed E-state index contributed by atoms with van der Waals surface area (Å²) >= 11 is 3.51. The number of rotatable bonds is 1. The molecule has 3 N–H and O–H groups in total. The number of nitrogens with two attached hydrogens (primary N) is 1. The zero-order valence-electron chi connectivity index (χ0n) is 10.8. The lowest BCUT2D eigenvalue weighted by Gasteiger charge is -2.04. The summed E-state index contributed by atoms with van der Waals surface area (Å²) < 4.78 is 1.05. The number of H-pyrrole nitrogens is 1. The fourth-order valence-corrected chi connectivity index (χ4v) is 2.86. The fourth-order valence-electron chi connectivity index (χ4n) is 2.28. The highest BCUT2D eigenvalue weighted by Crippen LogP contribution is 2.29. The number of aromatic amines is 1. The number of aryl methyl sites for hydroxylation is 1. The maximum absolute atomic E-state index is 5.96. The number of hydrogen-bond acceptors (Lipinski definition) is 2. The highest BCUT2D eigenvalue weighted by Gasteiger charge is 2.11. The molecule has 96 valence electrons. The van der Waals surface area contributed by atoms with Crippen LogP contribution >= 0.6 is 15.9 Å². The molecular weight excluding hydrogens is 302 g/mol. The van der Waals surface area contributed by atoms with E-state index in [9.17, 15) is 0 Å². The van der Waals surface area contributed by atoms with Crippen molar-refractivity contribution in [2.24, 2.45) is 0 Å². The standard InChI is InChI=1S/C15H14BrN3/c1-8-6-10(16)7-13-14(8)19-15(18-13)11-4-3-5-12(17)9(11)2/h3-7H,17H2,1-2H3,(H,18,19). The first-order valence-electron chi connectivity index (χ1n) is 6.07. The molecule has 0 fully saturated rings. The third kappa shape index (κ3) is 2.02. The van der Waals surface area contributed by atoms with Crippen LogP contribution in [-0.4, -0.2) is 9.97 Å². The Bertz CT molecular complexity index is 774. The van der Waals surface area contributed by atoms with Gasteiger partial charge in [-0.15, -0.1) is 0 Å². The highest BCUT2D eigenvalue weighted by atomic mass is 79.9. The van der Waals surface area contributed by atoms with E-state index in [0.717, 1.165) is 43.7 Å². The summed E-state index contributed by atoms with van der Waals surface area (Å²) in [5, 5.41) is 0. The van der Waals surface area contributed by atoms with Crippen LogP contribution in [-0.2, 0) is 0 Å². The second-order valence-electron chi connectivity index (χ2n) is 4.72. The van der Waals surface area contributed by atoms with Gasteiger partial charge < -0.3 is 10.7 Å². The van der Waals surface area contributed by atoms with Crippen LogP contribution in [0.25, 0.3) is 22.4 Å². The summed E-state index contributed by atoms with van der Waals surface area (Å²) in [6, 6.07) is 10.0. The maximum atomic E-state index is 5.96. The Morgan fingerprint density at radius 3 is 2.79 bits per heavy atom. The first-order valence-corrected chi connectivity index (χ1v) is 6.87. The van der Waals surface area contributed by atoms with Crippen molar-refractivity contribution in [1.82, 2.24) is 9.97 Å². The smallest absolute Gasteiger partial charge is 0.138 e. The van der Waals surface area contributed by atoms with E-state index >= 15 is 0 Å². The Morgan fingerprint density at radius 2 is 2.00 bits per heavy atom. The summed E-state index contributed by atoms with van der Waals surface area (Å²) in [5.41, 5.74) is 12.0. The largest absolute Gasteiger partial charge is 0.398 e. The van der Waals surface area contributed by atoms with E-state index in [4.69, 9.17) is 10.7 Å². The van der Waals surface area contributed by atoms with Gasteiger partial charge in [0.2, 0.25) is 0 Å². The first-order chi connectivity index (χ1) is 9.06. The number of fused-ring (bicyclic) bond motifs is 1. The van der Waals surface area contributed by atoms with E-state index in [2.05, 4.69) is 33.9 Å². The topological polar surface area (TPSA) is 54.7 Å². The molecule has 0 aliphatic heterocycles. The van der Waals surface area contributed by atoms with Crippen LogP contribution in [0.15, 0.2) is 34.8 Å². The molecule has 0 unspecified atom stereocenters. The quantitative estimate of drug-likeness (QED) is 0.661. The van der Waals surface area contributed by atoms with Crippen molar-refractivity contribution in [1.29, 1.82) is 0 Å². The normalized spacial score (nSPS) is 11.1. The average molecular weight is 316 g/mol. The lowest BCUT2D eigenvalue weighted by atomic mass is 10.1. The molecule has 1 heterocycles. The van der Waals surface area contributed by atoms with Gasteiger partial charge in [-0.1, -0.05) is 28.1 Å². The predicted molar refractivity (Wildman–Crippen MR) is 83.1 cm³/mol. The minimum atomic E-state index is 0.788. The lowest BCUT2D eigenvalue weighted by molar-refractivity contribution is 1.30. The molecule has 0 saturated carbocycles. The van der Waals surface area contributed by atoms with E-state index in [1.807, 2.05) is 31.2 Å². The molecule has 0 aliphatic rings. The summed E-state index contributed by atoms with van der Waals surface area (Å²) in [7, 11) is 0. The summed E-state index contributed by atoms with van der Waals surface area (Å²) in [5.74, 6) is 0.862. The maximum Gasteiger partial charge on any atom is 0.138 e. The van der Waals surface area contributed by atoms with Crippen LogP contribution in [0.2, 0.25) is 0 Å². The van der Waals surface area contributed by atoms with E-state index in [1.54, 1.807) is 0 Å². The Balaban J connectivity index is 2.26. The molecule has 0 radical (unpaired) electrons. The van der Waals surface area contributed by atoms with Gasteiger partial charge in [-0.25, -0.2) is 4.98 Å². The molecule has 0 amide bonds. The lowest BCUT2D eigenvalue weighted by Crippen LogP contribution is -1.92. The molecule has 0 saturated heterocycles. The van der Waals surface area contributed by atoms with Gasteiger partial charge in [0.25, 0.3) is 0 Å². The molecule has 3 aromatic rings. The SMILES string of the molecule is Cc1c(N)cccc1-c1nc2c(C)cc(Br)cc2[nH]1. The van der Waals surface area contributed by atoms with Gasteiger partial charge >= 0.3 is 0 Å². The molecule has 0 spiro atoms. The minimum Gasteiger partial charge on any atom is -0.398 e. The number of nitrogens with one attached hydrogen (secondary N) is 1.